The van der Waals surface area contributed by atoms with E-state index in [4.69, 9.17) is 0 Å². The molecule has 1 atom stereocenters. The van der Waals surface area contributed by atoms with Crippen LogP contribution < -0.4 is 14.9 Å². The molecule has 2 aliphatic heterocycles. The Hall–Kier alpha value is -5.31. The van der Waals surface area contributed by atoms with E-state index in [9.17, 15) is 23.3 Å². The summed E-state index contributed by atoms with van der Waals surface area (Å²) in [6.45, 7) is 4.00. The molecule has 0 bridgehead atoms. The quantitative estimate of drug-likeness (QED) is 0.214. The number of carbonyl (C=O) groups excluding carboxylic acids is 2. The van der Waals surface area contributed by atoms with E-state index in [-0.39, 0.29) is 33.4 Å². The van der Waals surface area contributed by atoms with E-state index in [1.54, 1.807) is 42.6 Å². The fourth-order valence-corrected chi connectivity index (χ4v) is 6.65. The van der Waals surface area contributed by atoms with Crippen LogP contribution >= 0.6 is 0 Å². The highest BCUT2D eigenvalue weighted by Gasteiger charge is 2.30. The summed E-state index contributed by atoms with van der Waals surface area (Å²) in [5, 5.41) is 12.2. The summed E-state index contributed by atoms with van der Waals surface area (Å²) in [6, 6.07) is 26.8. The highest BCUT2D eigenvalue weighted by Crippen LogP contribution is 2.34. The maximum Gasteiger partial charge on any atom is 0.263 e. The number of nitriles is 1. The Balaban J connectivity index is 1.16. The third-order valence-corrected chi connectivity index (χ3v) is 9.40. The Kier molecular flexibility index (Phi) is 8.17. The predicted molar refractivity (Wildman–Crippen MR) is 174 cm³/mol. The van der Waals surface area contributed by atoms with E-state index in [1.165, 1.54) is 30.3 Å². The van der Waals surface area contributed by atoms with Crippen LogP contribution in [-0.2, 0) is 14.8 Å². The van der Waals surface area contributed by atoms with Gasteiger partial charge in [0.1, 0.15) is 16.9 Å². The first kappa shape index (κ1) is 29.7. The van der Waals surface area contributed by atoms with Crippen LogP contribution in [0.1, 0.15) is 33.0 Å². The number of amides is 1. The predicted octanol–water partition coefficient (Wildman–Crippen LogP) is 4.78. The summed E-state index contributed by atoms with van der Waals surface area (Å²) in [5.74, 6) is -1.18. The van der Waals surface area contributed by atoms with Gasteiger partial charge in [0.25, 0.3) is 10.0 Å². The number of piperazine rings is 1. The van der Waals surface area contributed by atoms with Gasteiger partial charge in [-0.3, -0.25) is 19.3 Å². The van der Waals surface area contributed by atoms with E-state index in [0.29, 0.717) is 16.8 Å². The maximum atomic E-state index is 13.4. The molecule has 2 N–H and O–H groups in total. The molecular formula is C34H30N6O4S. The first-order chi connectivity index (χ1) is 21.7. The molecule has 0 spiro atoms. The highest BCUT2D eigenvalue weighted by atomic mass is 32.2. The Bertz CT molecular complexity index is 1960. The van der Waals surface area contributed by atoms with Crippen LogP contribution in [0.4, 0.5) is 22.7 Å². The third kappa shape index (κ3) is 6.33. The van der Waals surface area contributed by atoms with Gasteiger partial charge in [-0.2, -0.15) is 5.26 Å². The van der Waals surface area contributed by atoms with Gasteiger partial charge >= 0.3 is 0 Å². The minimum Gasteiger partial charge on any atom is -0.369 e. The number of rotatable bonds is 8. The summed E-state index contributed by atoms with van der Waals surface area (Å²) >= 11 is 0. The third-order valence-electron chi connectivity index (χ3n) is 7.96. The molecule has 1 saturated heterocycles. The average molecular weight is 619 g/mol. The molecule has 1 unspecified atom stereocenters. The van der Waals surface area contributed by atoms with Crippen LogP contribution in [-0.4, -0.2) is 64.4 Å². The molecule has 2 heterocycles. The number of hydrogen-bond acceptors (Lipinski definition) is 8. The van der Waals surface area contributed by atoms with Crippen LogP contribution in [0.25, 0.3) is 0 Å². The molecule has 1 fully saturated rings. The van der Waals surface area contributed by atoms with Crippen LogP contribution in [0.3, 0.4) is 0 Å². The monoisotopic (exact) mass is 618 g/mol. The van der Waals surface area contributed by atoms with E-state index in [2.05, 4.69) is 31.9 Å². The van der Waals surface area contributed by atoms with Crippen LogP contribution in [0, 0.1) is 11.3 Å². The second-order valence-corrected chi connectivity index (χ2v) is 12.6. The summed E-state index contributed by atoms with van der Waals surface area (Å²) in [7, 11) is -1.94. The topological polar surface area (TPSA) is 135 Å². The van der Waals surface area contributed by atoms with Crippen molar-refractivity contribution in [1.82, 2.24) is 4.90 Å². The van der Waals surface area contributed by atoms with Crippen molar-refractivity contribution in [2.45, 2.75) is 10.8 Å². The van der Waals surface area contributed by atoms with Gasteiger partial charge in [-0.05, 0) is 67.2 Å². The first-order valence-electron chi connectivity index (χ1n) is 14.4. The molecule has 2 aliphatic rings. The number of carbonyl (C=O) groups is 2. The number of fused-ring (bicyclic) bond motifs is 1. The summed E-state index contributed by atoms with van der Waals surface area (Å²) in [5.41, 5.74) is 3.91. The number of likely N-dealkylation sites (N-methyl/N-ethyl adjacent to an activating group) is 1. The van der Waals surface area contributed by atoms with Gasteiger partial charge in [0.2, 0.25) is 5.91 Å². The zero-order valence-electron chi connectivity index (χ0n) is 24.5. The molecule has 0 aromatic heterocycles. The van der Waals surface area contributed by atoms with E-state index in [0.717, 1.165) is 37.6 Å². The minimum atomic E-state index is -4.07. The minimum absolute atomic E-state index is 0.0138. The van der Waals surface area contributed by atoms with Gasteiger partial charge in [0.05, 0.1) is 11.3 Å². The highest BCUT2D eigenvalue weighted by molar-refractivity contribution is 7.92. The fourth-order valence-electron chi connectivity index (χ4n) is 5.45. The van der Waals surface area contributed by atoms with Crippen LogP contribution in [0.5, 0.6) is 0 Å². The molecule has 4 aromatic carbocycles. The van der Waals surface area contributed by atoms with E-state index >= 15 is 0 Å². The lowest BCUT2D eigenvalue weighted by molar-refractivity contribution is -0.115. The van der Waals surface area contributed by atoms with Crippen molar-refractivity contribution >= 4 is 50.7 Å². The normalized spacial score (nSPS) is 16.7. The molecule has 0 radical (unpaired) electrons. The van der Waals surface area contributed by atoms with Crippen molar-refractivity contribution < 1.29 is 18.0 Å². The van der Waals surface area contributed by atoms with Gasteiger partial charge in [0.15, 0.2) is 5.78 Å². The molecule has 4 aromatic rings. The molecule has 0 aliphatic carbocycles. The lowest BCUT2D eigenvalue weighted by Crippen LogP contribution is -2.44. The van der Waals surface area contributed by atoms with Crippen molar-refractivity contribution in [1.29, 1.82) is 5.26 Å². The Morgan fingerprint density at radius 3 is 2.44 bits per heavy atom. The van der Waals surface area contributed by atoms with Gasteiger partial charge in [-0.15, -0.1) is 0 Å². The van der Waals surface area contributed by atoms with E-state index < -0.39 is 15.9 Å². The van der Waals surface area contributed by atoms with Gasteiger partial charge < -0.3 is 15.1 Å². The maximum absolute atomic E-state index is 13.4. The number of benzene rings is 4. The Morgan fingerprint density at radius 2 is 1.69 bits per heavy atom. The number of ketones is 1. The number of nitrogens with zero attached hydrogens (tertiary/aromatic N) is 4. The van der Waals surface area contributed by atoms with Crippen molar-refractivity contribution in [3.05, 3.63) is 113 Å². The SMILES string of the molecule is CN1CCN(c2ccc(N=CC3C(=O)Nc4cc(C(=O)c5cccc(NS(=O)(=O)c6ccccc6C#N)c5)ccc43)cc2)CC1. The molecule has 6 rings (SSSR count). The first-order valence-corrected chi connectivity index (χ1v) is 15.9. The number of nitrogens with one attached hydrogen (secondary N) is 2. The van der Waals surface area contributed by atoms with Crippen LogP contribution in [0.2, 0.25) is 0 Å². The van der Waals surface area contributed by atoms with Gasteiger partial charge in [0, 0.05) is 60.6 Å². The second kappa shape index (κ2) is 12.4. The number of sulfonamides is 1. The summed E-state index contributed by atoms with van der Waals surface area (Å²) in [4.78, 5) is 35.3. The summed E-state index contributed by atoms with van der Waals surface area (Å²) < 4.78 is 28.4. The molecular weight excluding hydrogens is 588 g/mol. The largest absolute Gasteiger partial charge is 0.369 e. The fraction of sp³-hybridized carbons (Fsp3) is 0.176. The standard InChI is InChI=1S/C34H30N6O4S/c1-39-15-17-40(18-16-39)28-12-10-26(11-13-28)36-22-30-29-14-9-24(20-31(29)37-34(30)42)33(41)23-6-4-7-27(19-23)38-45(43,44)32-8-3-2-5-25(32)21-35/h2-14,19-20,22,30,38H,15-18H2,1H3,(H,37,42). The average Bonchev–Trinajstić information content (AvgIpc) is 3.37. The lowest BCUT2D eigenvalue weighted by Gasteiger charge is -2.34. The molecule has 11 heteroatoms. The number of aliphatic imine (C=N–C) groups is 1. The number of anilines is 3. The van der Waals surface area contributed by atoms with Crippen LogP contribution in [0.15, 0.2) is 101 Å². The Labute approximate surface area is 261 Å². The second-order valence-electron chi connectivity index (χ2n) is 11.0. The summed E-state index contributed by atoms with van der Waals surface area (Å²) in [6.07, 6.45) is 1.62. The molecule has 226 valence electrons. The Morgan fingerprint density at radius 1 is 0.956 bits per heavy atom. The smallest absolute Gasteiger partial charge is 0.263 e. The molecule has 0 saturated carbocycles. The van der Waals surface area contributed by atoms with Gasteiger partial charge in [-0.1, -0.05) is 36.4 Å². The zero-order valence-corrected chi connectivity index (χ0v) is 25.3. The molecule has 10 nitrogen and oxygen atoms in total. The van der Waals surface area contributed by atoms with Crippen molar-refractivity contribution in [3.8, 4) is 6.07 Å². The van der Waals surface area contributed by atoms with Crippen molar-refractivity contribution in [2.75, 3.05) is 48.2 Å². The lowest BCUT2D eigenvalue weighted by atomic mass is 9.97. The van der Waals surface area contributed by atoms with Crippen molar-refractivity contribution in [3.63, 3.8) is 0 Å². The van der Waals surface area contributed by atoms with Gasteiger partial charge in [-0.25, -0.2) is 8.42 Å². The molecule has 1 amide bonds. The molecule has 45 heavy (non-hydrogen) atoms. The number of hydrogen-bond donors (Lipinski definition) is 2. The zero-order chi connectivity index (χ0) is 31.6. The van der Waals surface area contributed by atoms with E-state index in [1.807, 2.05) is 30.3 Å². The van der Waals surface area contributed by atoms with Crippen molar-refractivity contribution in [2.24, 2.45) is 4.99 Å².